The van der Waals surface area contributed by atoms with Gasteiger partial charge >= 0.3 is 5.97 Å². The number of aliphatic imine (C=N–C) groups is 1. The van der Waals surface area contributed by atoms with E-state index in [4.69, 9.17) is 21.3 Å². The molecule has 0 unspecified atom stereocenters. The number of ether oxygens (including phenoxy) is 1. The molecular weight excluding hydrogens is 374 g/mol. The van der Waals surface area contributed by atoms with Crippen molar-refractivity contribution in [2.75, 3.05) is 39.8 Å². The summed E-state index contributed by atoms with van der Waals surface area (Å²) in [6.45, 7) is 8.20. The van der Waals surface area contributed by atoms with Gasteiger partial charge < -0.3 is 9.64 Å². The Hall–Kier alpha value is -2.63. The van der Waals surface area contributed by atoms with Crippen LogP contribution in [-0.4, -0.2) is 61.4 Å². The Kier molecular flexibility index (Phi) is 6.85. The summed E-state index contributed by atoms with van der Waals surface area (Å²) in [7, 11) is 1.38. The molecule has 28 heavy (non-hydrogen) atoms. The zero-order valence-corrected chi connectivity index (χ0v) is 16.7. The lowest BCUT2D eigenvalue weighted by atomic mass is 10.1. The molecule has 2 aromatic rings. The van der Waals surface area contributed by atoms with E-state index in [9.17, 15) is 4.79 Å². The number of rotatable bonds is 5. The minimum atomic E-state index is -0.366. The van der Waals surface area contributed by atoms with Crippen LogP contribution in [0.1, 0.15) is 15.9 Å². The monoisotopic (exact) mass is 397 g/mol. The molecule has 146 valence electrons. The molecule has 1 heterocycles. The first kappa shape index (κ1) is 20.1. The molecule has 0 atom stereocenters. The number of amidine groups is 1. The molecule has 0 N–H and O–H groups in total. The van der Waals surface area contributed by atoms with Crippen molar-refractivity contribution >= 4 is 29.1 Å². The number of piperazine rings is 1. The lowest BCUT2D eigenvalue weighted by Crippen LogP contribution is -2.48. The molecule has 6 heteroatoms. The predicted molar refractivity (Wildman–Crippen MR) is 114 cm³/mol. The molecule has 0 aromatic heterocycles. The molecule has 0 saturated carbocycles. The first-order valence-corrected chi connectivity index (χ1v) is 9.60. The number of halogens is 1. The van der Waals surface area contributed by atoms with Crippen LogP contribution in [-0.2, 0) is 4.74 Å². The quantitative estimate of drug-likeness (QED) is 0.331. The summed E-state index contributed by atoms with van der Waals surface area (Å²) >= 11 is 6.34. The van der Waals surface area contributed by atoms with E-state index in [-0.39, 0.29) is 5.97 Å². The second-order valence-electron chi connectivity index (χ2n) is 6.54. The highest BCUT2D eigenvalue weighted by Crippen LogP contribution is 2.26. The van der Waals surface area contributed by atoms with Gasteiger partial charge in [-0.25, -0.2) is 9.79 Å². The van der Waals surface area contributed by atoms with Gasteiger partial charge in [0.25, 0.3) is 0 Å². The van der Waals surface area contributed by atoms with Crippen molar-refractivity contribution < 1.29 is 9.53 Å². The maximum absolute atomic E-state index is 12.0. The Morgan fingerprint density at radius 2 is 1.86 bits per heavy atom. The van der Waals surface area contributed by atoms with Gasteiger partial charge in [-0.2, -0.15) is 0 Å². The van der Waals surface area contributed by atoms with Gasteiger partial charge in [-0.15, -0.1) is 6.58 Å². The van der Waals surface area contributed by atoms with Crippen LogP contribution in [0.15, 0.2) is 66.2 Å². The zero-order valence-electron chi connectivity index (χ0n) is 16.0. The average molecular weight is 398 g/mol. The molecule has 1 saturated heterocycles. The predicted octanol–water partition coefficient (Wildman–Crippen LogP) is 4.01. The SMILES string of the molecule is C=CCN1CCN(/C(=N\c2ccccc2Cl)c2cccc(C(=O)OC)c2)CC1. The summed E-state index contributed by atoms with van der Waals surface area (Å²) in [4.78, 5) is 21.4. The maximum Gasteiger partial charge on any atom is 0.337 e. The molecule has 0 amide bonds. The van der Waals surface area contributed by atoms with Crippen molar-refractivity contribution in [1.29, 1.82) is 0 Å². The van der Waals surface area contributed by atoms with Crippen molar-refractivity contribution in [2.24, 2.45) is 4.99 Å². The molecule has 0 bridgehead atoms. The summed E-state index contributed by atoms with van der Waals surface area (Å²) in [5, 5.41) is 0.592. The fourth-order valence-corrected chi connectivity index (χ4v) is 3.38. The second kappa shape index (κ2) is 9.53. The fraction of sp³-hybridized carbons (Fsp3) is 0.273. The second-order valence-corrected chi connectivity index (χ2v) is 6.94. The fourth-order valence-electron chi connectivity index (χ4n) is 3.20. The molecule has 1 aliphatic heterocycles. The van der Waals surface area contributed by atoms with Gasteiger partial charge in [-0.05, 0) is 24.3 Å². The minimum absolute atomic E-state index is 0.366. The van der Waals surface area contributed by atoms with E-state index >= 15 is 0 Å². The van der Waals surface area contributed by atoms with Crippen LogP contribution in [0.4, 0.5) is 5.69 Å². The number of benzene rings is 2. The third-order valence-corrected chi connectivity index (χ3v) is 5.00. The number of nitrogens with zero attached hydrogens (tertiary/aromatic N) is 3. The van der Waals surface area contributed by atoms with E-state index in [0.717, 1.165) is 44.1 Å². The Balaban J connectivity index is 1.97. The minimum Gasteiger partial charge on any atom is -0.465 e. The standard InChI is InChI=1S/C22H24ClN3O2/c1-3-11-25-12-14-26(15-13-25)21(24-20-10-5-4-9-19(20)23)17-7-6-8-18(16-17)22(27)28-2/h3-10,16H,1,11-15H2,2H3/b24-21-. The largest absolute Gasteiger partial charge is 0.465 e. The number of carbonyl (C=O) groups excluding carboxylic acids is 1. The molecule has 0 aliphatic carbocycles. The summed E-state index contributed by atoms with van der Waals surface area (Å²) in [6, 6.07) is 14.9. The van der Waals surface area contributed by atoms with E-state index < -0.39 is 0 Å². The molecule has 5 nitrogen and oxygen atoms in total. The van der Waals surface area contributed by atoms with Crippen LogP contribution in [0.25, 0.3) is 0 Å². The molecule has 0 radical (unpaired) electrons. The highest BCUT2D eigenvalue weighted by molar-refractivity contribution is 6.33. The molecule has 1 aliphatic rings. The Bertz CT molecular complexity index is 874. The van der Waals surface area contributed by atoms with Gasteiger partial charge in [0, 0.05) is 38.3 Å². The average Bonchev–Trinajstić information content (AvgIpc) is 2.73. The van der Waals surface area contributed by atoms with Gasteiger partial charge in [-0.3, -0.25) is 4.90 Å². The first-order valence-electron chi connectivity index (χ1n) is 9.22. The Labute approximate surface area is 170 Å². The summed E-state index contributed by atoms with van der Waals surface area (Å²) in [6.07, 6.45) is 1.92. The first-order chi connectivity index (χ1) is 13.6. The van der Waals surface area contributed by atoms with E-state index in [1.807, 2.05) is 48.5 Å². The summed E-state index contributed by atoms with van der Waals surface area (Å²) < 4.78 is 4.87. The van der Waals surface area contributed by atoms with E-state index in [1.54, 1.807) is 6.07 Å². The van der Waals surface area contributed by atoms with Crippen molar-refractivity contribution in [2.45, 2.75) is 0 Å². The highest BCUT2D eigenvalue weighted by atomic mass is 35.5. The third kappa shape index (κ3) is 4.80. The van der Waals surface area contributed by atoms with Crippen LogP contribution in [0.2, 0.25) is 5.02 Å². The number of para-hydroxylation sites is 1. The van der Waals surface area contributed by atoms with Crippen LogP contribution in [0.3, 0.4) is 0 Å². The Morgan fingerprint density at radius 3 is 2.54 bits per heavy atom. The highest BCUT2D eigenvalue weighted by Gasteiger charge is 2.21. The number of hydrogen-bond donors (Lipinski definition) is 0. The van der Waals surface area contributed by atoms with Gasteiger partial charge in [0.1, 0.15) is 5.84 Å². The van der Waals surface area contributed by atoms with Gasteiger partial charge in [0.2, 0.25) is 0 Å². The molecular formula is C22H24ClN3O2. The van der Waals surface area contributed by atoms with Gasteiger partial charge in [-0.1, -0.05) is 41.9 Å². The maximum atomic E-state index is 12.0. The summed E-state index contributed by atoms with van der Waals surface area (Å²) in [5.41, 5.74) is 2.06. The third-order valence-electron chi connectivity index (χ3n) is 4.68. The van der Waals surface area contributed by atoms with Crippen molar-refractivity contribution in [1.82, 2.24) is 9.80 Å². The van der Waals surface area contributed by atoms with E-state index in [0.29, 0.717) is 16.3 Å². The molecule has 0 spiro atoms. The van der Waals surface area contributed by atoms with E-state index in [2.05, 4.69) is 16.4 Å². The van der Waals surface area contributed by atoms with Crippen molar-refractivity contribution in [3.63, 3.8) is 0 Å². The lowest BCUT2D eigenvalue weighted by molar-refractivity contribution is 0.0600. The molecule has 2 aromatic carbocycles. The van der Waals surface area contributed by atoms with Crippen molar-refractivity contribution in [3.8, 4) is 0 Å². The smallest absolute Gasteiger partial charge is 0.337 e. The Morgan fingerprint density at radius 1 is 1.14 bits per heavy atom. The van der Waals surface area contributed by atoms with Gasteiger partial charge in [0.05, 0.1) is 23.4 Å². The van der Waals surface area contributed by atoms with Crippen LogP contribution in [0.5, 0.6) is 0 Å². The lowest BCUT2D eigenvalue weighted by Gasteiger charge is -2.36. The van der Waals surface area contributed by atoms with Crippen LogP contribution in [0, 0.1) is 0 Å². The van der Waals surface area contributed by atoms with Crippen LogP contribution < -0.4 is 0 Å². The van der Waals surface area contributed by atoms with E-state index in [1.165, 1.54) is 7.11 Å². The summed E-state index contributed by atoms with van der Waals surface area (Å²) in [5.74, 6) is 0.437. The zero-order chi connectivity index (χ0) is 19.9. The number of carbonyl (C=O) groups is 1. The topological polar surface area (TPSA) is 45.1 Å². The van der Waals surface area contributed by atoms with Crippen LogP contribution >= 0.6 is 11.6 Å². The number of methoxy groups -OCH3 is 1. The normalized spacial score (nSPS) is 15.4. The van der Waals surface area contributed by atoms with Gasteiger partial charge in [0.15, 0.2) is 0 Å². The number of hydrogen-bond acceptors (Lipinski definition) is 4. The molecule has 3 rings (SSSR count). The molecule has 1 fully saturated rings. The van der Waals surface area contributed by atoms with Crippen molar-refractivity contribution in [3.05, 3.63) is 77.3 Å². The number of esters is 1.